The van der Waals surface area contributed by atoms with Crippen LogP contribution in [0.2, 0.25) is 0 Å². The summed E-state index contributed by atoms with van der Waals surface area (Å²) in [5.74, 6) is 0.0673. The molecule has 0 saturated carbocycles. The van der Waals surface area contributed by atoms with Gasteiger partial charge >= 0.3 is 0 Å². The van der Waals surface area contributed by atoms with Gasteiger partial charge in [-0.15, -0.1) is 0 Å². The van der Waals surface area contributed by atoms with E-state index in [1.165, 1.54) is 4.90 Å². The number of nitrogens with two attached hydrogens (primary N) is 2. The molecule has 212 valence electrons. The Hall–Kier alpha value is -4.32. The highest BCUT2D eigenvalue weighted by molar-refractivity contribution is 7.09. The van der Waals surface area contributed by atoms with E-state index in [0.717, 1.165) is 18.0 Å². The lowest BCUT2D eigenvalue weighted by Crippen LogP contribution is -2.44. The first-order valence-corrected chi connectivity index (χ1v) is 13.8. The zero-order valence-corrected chi connectivity index (χ0v) is 23.5. The molecule has 2 aromatic carbocycles. The highest BCUT2D eigenvalue weighted by Crippen LogP contribution is 2.39. The minimum absolute atomic E-state index is 0.0189. The van der Waals surface area contributed by atoms with Crippen LogP contribution in [0.15, 0.2) is 42.5 Å². The third-order valence-electron chi connectivity index (χ3n) is 6.21. The van der Waals surface area contributed by atoms with Crippen LogP contribution in [0.25, 0.3) is 0 Å². The molecule has 3 aromatic rings. The van der Waals surface area contributed by atoms with E-state index in [1.54, 1.807) is 42.5 Å². The fourth-order valence-electron chi connectivity index (χ4n) is 4.22. The van der Waals surface area contributed by atoms with Crippen LogP contribution in [0.3, 0.4) is 0 Å². The summed E-state index contributed by atoms with van der Waals surface area (Å²) in [6, 6.07) is 10.8. The van der Waals surface area contributed by atoms with Gasteiger partial charge in [0.15, 0.2) is 17.2 Å². The lowest BCUT2D eigenvalue weighted by Gasteiger charge is -2.32. The van der Waals surface area contributed by atoms with Crippen molar-refractivity contribution < 1.29 is 28.6 Å². The lowest BCUT2D eigenvalue weighted by atomic mass is 10.0. The van der Waals surface area contributed by atoms with Crippen molar-refractivity contribution >= 4 is 40.6 Å². The van der Waals surface area contributed by atoms with E-state index in [9.17, 15) is 14.4 Å². The van der Waals surface area contributed by atoms with Gasteiger partial charge in [0.05, 0.1) is 12.3 Å². The molecule has 1 aliphatic heterocycles. The molecule has 12 heteroatoms. The van der Waals surface area contributed by atoms with E-state index < -0.39 is 23.8 Å². The summed E-state index contributed by atoms with van der Waals surface area (Å²) in [6.45, 7) is 7.63. The van der Waals surface area contributed by atoms with E-state index in [2.05, 4.69) is 23.5 Å². The number of carbonyl (C=O) groups is 3. The number of anilines is 2. The largest absolute Gasteiger partial charge is 0.494 e. The Morgan fingerprint density at radius 1 is 1.10 bits per heavy atom. The summed E-state index contributed by atoms with van der Waals surface area (Å²) in [6.07, 6.45) is 0.753. The molecule has 1 aromatic heterocycles. The number of nitrogens with one attached hydrogen (secondary N) is 1. The van der Waals surface area contributed by atoms with Crippen molar-refractivity contribution in [2.75, 3.05) is 37.0 Å². The highest BCUT2D eigenvalue weighted by Gasteiger charge is 2.36. The zero-order valence-electron chi connectivity index (χ0n) is 22.6. The third-order valence-corrected chi connectivity index (χ3v) is 7.06. The Balaban J connectivity index is 1.85. The number of nitrogens with zero attached hydrogens (tertiary/aromatic N) is 2. The van der Waals surface area contributed by atoms with Gasteiger partial charge < -0.3 is 31.0 Å². The smallest absolute Gasteiger partial charge is 0.273 e. The van der Waals surface area contributed by atoms with E-state index in [1.807, 2.05) is 6.92 Å². The van der Waals surface area contributed by atoms with Gasteiger partial charge in [-0.3, -0.25) is 19.3 Å². The van der Waals surface area contributed by atoms with Gasteiger partial charge in [-0.05, 0) is 60.6 Å². The van der Waals surface area contributed by atoms with Crippen LogP contribution in [-0.4, -0.2) is 48.5 Å². The normalized spacial score (nSPS) is 13.0. The molecule has 0 saturated heterocycles. The third kappa shape index (κ3) is 6.28. The molecule has 0 radical (unpaired) electrons. The van der Waals surface area contributed by atoms with Gasteiger partial charge in [-0.25, -0.2) is 0 Å². The minimum atomic E-state index is -1.11. The minimum Gasteiger partial charge on any atom is -0.494 e. The fraction of sp³-hybridized carbons (Fsp3) is 0.357. The molecule has 1 unspecified atom stereocenters. The number of ether oxygens (including phenoxy) is 3. The van der Waals surface area contributed by atoms with Crippen molar-refractivity contribution in [3.8, 4) is 17.2 Å². The molecule has 0 bridgehead atoms. The average Bonchev–Trinajstić information content (AvgIpc) is 3.33. The van der Waals surface area contributed by atoms with Gasteiger partial charge in [-0.2, -0.15) is 4.37 Å². The Morgan fingerprint density at radius 3 is 2.42 bits per heavy atom. The monoisotopic (exact) mass is 567 g/mol. The number of aromatic nitrogens is 1. The summed E-state index contributed by atoms with van der Waals surface area (Å²) in [5.41, 5.74) is 12.1. The molecule has 3 amide bonds. The molecule has 2 heterocycles. The molecule has 40 heavy (non-hydrogen) atoms. The van der Waals surface area contributed by atoms with E-state index >= 15 is 0 Å². The van der Waals surface area contributed by atoms with Gasteiger partial charge in [0.25, 0.3) is 11.8 Å². The molecular formula is C28H33N5O6S. The van der Waals surface area contributed by atoms with Crippen LogP contribution in [0.5, 0.6) is 17.2 Å². The maximum Gasteiger partial charge on any atom is 0.273 e. The van der Waals surface area contributed by atoms with E-state index in [-0.39, 0.29) is 16.3 Å². The highest BCUT2D eigenvalue weighted by atomic mass is 32.1. The van der Waals surface area contributed by atoms with Crippen molar-refractivity contribution in [3.63, 3.8) is 0 Å². The van der Waals surface area contributed by atoms with Crippen molar-refractivity contribution in [1.29, 1.82) is 0 Å². The van der Waals surface area contributed by atoms with Gasteiger partial charge in [0.1, 0.15) is 29.9 Å². The summed E-state index contributed by atoms with van der Waals surface area (Å²) < 4.78 is 21.0. The number of nitrogen functional groups attached to an aromatic ring is 1. The molecule has 0 fully saturated rings. The summed E-state index contributed by atoms with van der Waals surface area (Å²) >= 11 is 0.745. The number of carbonyl (C=O) groups excluding carboxylic acids is 3. The predicted octanol–water partition coefficient (Wildman–Crippen LogP) is 3.54. The average molecular weight is 568 g/mol. The van der Waals surface area contributed by atoms with Gasteiger partial charge in [0, 0.05) is 18.3 Å². The van der Waals surface area contributed by atoms with Gasteiger partial charge in [0.2, 0.25) is 5.91 Å². The van der Waals surface area contributed by atoms with Crippen LogP contribution in [0.1, 0.15) is 59.0 Å². The van der Waals surface area contributed by atoms with Crippen molar-refractivity contribution in [2.24, 2.45) is 11.7 Å². The molecular weight excluding hydrogens is 534 g/mol. The second kappa shape index (κ2) is 12.7. The number of hydrogen-bond acceptors (Lipinski definition) is 9. The molecule has 0 spiro atoms. The van der Waals surface area contributed by atoms with E-state index in [0.29, 0.717) is 60.8 Å². The summed E-state index contributed by atoms with van der Waals surface area (Å²) in [5, 5.41) is 2.97. The second-order valence-corrected chi connectivity index (χ2v) is 10.3. The number of benzene rings is 2. The number of rotatable bonds is 11. The van der Waals surface area contributed by atoms with Crippen molar-refractivity contribution in [2.45, 2.75) is 33.2 Å². The SMILES string of the molecule is CCOc1ccc(C(C(=O)NCCC(C)C)N(C(=O)c2snc(C(N)=O)c2N)c2ccc3c(c2)OCCO3)cc1. The van der Waals surface area contributed by atoms with Crippen molar-refractivity contribution in [1.82, 2.24) is 9.69 Å². The molecule has 1 atom stereocenters. The Labute approximate surface area is 236 Å². The van der Waals surface area contributed by atoms with Crippen molar-refractivity contribution in [3.05, 3.63) is 58.6 Å². The number of hydrogen-bond donors (Lipinski definition) is 3. The zero-order chi connectivity index (χ0) is 28.8. The Morgan fingerprint density at radius 2 is 1.80 bits per heavy atom. The first-order valence-electron chi connectivity index (χ1n) is 13.0. The quantitative estimate of drug-likeness (QED) is 0.317. The number of amides is 3. The maximum absolute atomic E-state index is 14.2. The summed E-state index contributed by atoms with van der Waals surface area (Å²) in [4.78, 5) is 41.2. The number of fused-ring (bicyclic) bond motifs is 1. The second-order valence-electron chi connectivity index (χ2n) is 9.52. The molecule has 11 nitrogen and oxygen atoms in total. The first-order chi connectivity index (χ1) is 19.2. The lowest BCUT2D eigenvalue weighted by molar-refractivity contribution is -0.122. The molecule has 0 aliphatic carbocycles. The van der Waals surface area contributed by atoms with Crippen LogP contribution in [-0.2, 0) is 4.79 Å². The Bertz CT molecular complexity index is 1370. The van der Waals surface area contributed by atoms with Crippen LogP contribution in [0, 0.1) is 5.92 Å². The van der Waals surface area contributed by atoms with Crippen LogP contribution >= 0.6 is 11.5 Å². The topological polar surface area (TPSA) is 159 Å². The van der Waals surface area contributed by atoms with Crippen LogP contribution in [0.4, 0.5) is 11.4 Å². The van der Waals surface area contributed by atoms with Crippen LogP contribution < -0.4 is 35.9 Å². The molecule has 5 N–H and O–H groups in total. The van der Waals surface area contributed by atoms with Gasteiger partial charge in [-0.1, -0.05) is 26.0 Å². The standard InChI is InChI=1S/C28H33N5O6S/c1-4-37-19-8-5-17(6-9-19)24(27(35)31-12-11-16(2)3)33(18-7-10-20-21(15-18)39-14-13-38-20)28(36)25-22(29)23(26(30)34)32-40-25/h5-10,15-16,24H,4,11-14,29H2,1-3H3,(H2,30,34)(H,31,35). The number of primary amides is 1. The first kappa shape index (κ1) is 28.7. The maximum atomic E-state index is 14.2. The predicted molar refractivity (Wildman–Crippen MR) is 152 cm³/mol. The Kier molecular flexibility index (Phi) is 9.10. The summed E-state index contributed by atoms with van der Waals surface area (Å²) in [7, 11) is 0. The molecule has 1 aliphatic rings. The fourth-order valence-corrected chi connectivity index (χ4v) is 4.96. The molecule has 4 rings (SSSR count). The van der Waals surface area contributed by atoms with E-state index in [4.69, 9.17) is 25.7 Å².